The molecule has 1 unspecified atom stereocenters. The molecule has 0 spiro atoms. The summed E-state index contributed by atoms with van der Waals surface area (Å²) in [5.41, 5.74) is 8.38. The molecule has 1 aromatic rings. The monoisotopic (exact) mass is 220 g/mol. The third-order valence-corrected chi connectivity index (χ3v) is 2.73. The number of anilines is 1. The van der Waals surface area contributed by atoms with E-state index in [-0.39, 0.29) is 0 Å². The molecule has 0 radical (unpaired) electrons. The Balaban J connectivity index is 2.47. The van der Waals surface area contributed by atoms with Crippen molar-refractivity contribution in [1.29, 1.82) is 0 Å². The Kier molecular flexibility index (Phi) is 5.33. The molecule has 1 rings (SSSR count). The van der Waals surface area contributed by atoms with Crippen molar-refractivity contribution < 1.29 is 0 Å². The van der Waals surface area contributed by atoms with Crippen molar-refractivity contribution >= 4 is 5.69 Å². The third kappa shape index (κ3) is 4.23. The zero-order valence-electron chi connectivity index (χ0n) is 10.7. The van der Waals surface area contributed by atoms with Crippen LogP contribution in [0.3, 0.4) is 0 Å². The van der Waals surface area contributed by atoms with Gasteiger partial charge in [-0.15, -0.1) is 0 Å². The highest BCUT2D eigenvalue weighted by Gasteiger charge is 2.04. The molecule has 1 aromatic carbocycles. The lowest BCUT2D eigenvalue weighted by Gasteiger charge is -2.14. The van der Waals surface area contributed by atoms with Gasteiger partial charge in [0.2, 0.25) is 0 Å². The minimum absolute atomic E-state index is 0.308. The SMILES string of the molecule is CC(N)CCCNc1ccccc1C(C)C. The van der Waals surface area contributed by atoms with Gasteiger partial charge in [-0.05, 0) is 37.3 Å². The van der Waals surface area contributed by atoms with E-state index in [9.17, 15) is 0 Å². The first kappa shape index (κ1) is 13.0. The molecular formula is C14H24N2. The van der Waals surface area contributed by atoms with Gasteiger partial charge in [-0.1, -0.05) is 32.0 Å². The van der Waals surface area contributed by atoms with Crippen LogP contribution in [-0.4, -0.2) is 12.6 Å². The molecule has 0 aliphatic heterocycles. The van der Waals surface area contributed by atoms with E-state index in [0.29, 0.717) is 12.0 Å². The third-order valence-electron chi connectivity index (χ3n) is 2.73. The maximum atomic E-state index is 5.72. The molecule has 0 saturated heterocycles. The first-order valence-electron chi connectivity index (χ1n) is 6.19. The Hall–Kier alpha value is -1.02. The maximum Gasteiger partial charge on any atom is 0.0375 e. The Morgan fingerprint density at radius 3 is 2.50 bits per heavy atom. The number of nitrogens with two attached hydrogens (primary N) is 1. The van der Waals surface area contributed by atoms with Crippen LogP contribution in [0.1, 0.15) is 45.1 Å². The number of rotatable bonds is 6. The average Bonchev–Trinajstić information content (AvgIpc) is 2.24. The van der Waals surface area contributed by atoms with Crippen LogP contribution in [-0.2, 0) is 0 Å². The Labute approximate surface area is 99.2 Å². The van der Waals surface area contributed by atoms with Crippen LogP contribution in [0.2, 0.25) is 0 Å². The number of benzene rings is 1. The minimum Gasteiger partial charge on any atom is -0.385 e. The molecule has 90 valence electrons. The highest BCUT2D eigenvalue weighted by atomic mass is 14.9. The Morgan fingerprint density at radius 1 is 1.19 bits per heavy atom. The van der Waals surface area contributed by atoms with Crippen molar-refractivity contribution in [3.05, 3.63) is 29.8 Å². The molecule has 16 heavy (non-hydrogen) atoms. The topological polar surface area (TPSA) is 38.0 Å². The fourth-order valence-corrected chi connectivity index (χ4v) is 1.81. The summed E-state index contributed by atoms with van der Waals surface area (Å²) in [6, 6.07) is 8.84. The van der Waals surface area contributed by atoms with Crippen molar-refractivity contribution in [2.75, 3.05) is 11.9 Å². The van der Waals surface area contributed by atoms with Crippen LogP contribution in [0.25, 0.3) is 0 Å². The summed E-state index contributed by atoms with van der Waals surface area (Å²) in [5.74, 6) is 0.567. The van der Waals surface area contributed by atoms with Crippen molar-refractivity contribution in [3.63, 3.8) is 0 Å². The lowest BCUT2D eigenvalue weighted by molar-refractivity contribution is 0.639. The molecule has 0 amide bonds. The van der Waals surface area contributed by atoms with E-state index in [1.807, 2.05) is 0 Å². The largest absolute Gasteiger partial charge is 0.385 e. The average molecular weight is 220 g/mol. The zero-order valence-corrected chi connectivity index (χ0v) is 10.7. The van der Waals surface area contributed by atoms with Crippen molar-refractivity contribution in [2.24, 2.45) is 5.73 Å². The Bertz CT molecular complexity index is 305. The van der Waals surface area contributed by atoms with Gasteiger partial charge in [0.25, 0.3) is 0 Å². The minimum atomic E-state index is 0.308. The van der Waals surface area contributed by atoms with E-state index < -0.39 is 0 Å². The number of para-hydroxylation sites is 1. The van der Waals surface area contributed by atoms with Gasteiger partial charge in [0.1, 0.15) is 0 Å². The number of hydrogen-bond donors (Lipinski definition) is 2. The normalized spacial score (nSPS) is 12.8. The van der Waals surface area contributed by atoms with Crippen LogP contribution >= 0.6 is 0 Å². The zero-order chi connectivity index (χ0) is 12.0. The maximum absolute atomic E-state index is 5.72. The summed E-state index contributed by atoms with van der Waals surface area (Å²) in [5, 5.41) is 3.49. The first-order valence-corrected chi connectivity index (χ1v) is 6.19. The van der Waals surface area contributed by atoms with E-state index in [1.54, 1.807) is 0 Å². The van der Waals surface area contributed by atoms with Crippen molar-refractivity contribution in [2.45, 2.75) is 45.6 Å². The van der Waals surface area contributed by atoms with Crippen molar-refractivity contribution in [1.82, 2.24) is 0 Å². The molecule has 0 heterocycles. The molecule has 0 aliphatic rings. The second kappa shape index (κ2) is 6.54. The summed E-state index contributed by atoms with van der Waals surface area (Å²) < 4.78 is 0. The highest BCUT2D eigenvalue weighted by molar-refractivity contribution is 5.52. The summed E-state index contributed by atoms with van der Waals surface area (Å²) in [6.07, 6.45) is 2.21. The van der Waals surface area contributed by atoms with Crippen LogP contribution in [0.5, 0.6) is 0 Å². The standard InChI is InChI=1S/C14H24N2/c1-11(2)13-8-4-5-9-14(13)16-10-6-7-12(3)15/h4-5,8-9,11-12,16H,6-7,10,15H2,1-3H3. The fourth-order valence-electron chi connectivity index (χ4n) is 1.81. The van der Waals surface area contributed by atoms with E-state index in [0.717, 1.165) is 19.4 Å². The van der Waals surface area contributed by atoms with Gasteiger partial charge in [0.15, 0.2) is 0 Å². The highest BCUT2D eigenvalue weighted by Crippen LogP contribution is 2.23. The van der Waals surface area contributed by atoms with E-state index in [1.165, 1.54) is 11.3 Å². The molecule has 0 saturated carbocycles. The molecule has 0 fully saturated rings. The lowest BCUT2D eigenvalue weighted by atomic mass is 10.0. The fraction of sp³-hybridized carbons (Fsp3) is 0.571. The van der Waals surface area contributed by atoms with Crippen LogP contribution in [0.15, 0.2) is 24.3 Å². The molecule has 3 N–H and O–H groups in total. The predicted molar refractivity (Wildman–Crippen MR) is 71.9 cm³/mol. The van der Waals surface area contributed by atoms with E-state index in [4.69, 9.17) is 5.73 Å². The second-order valence-electron chi connectivity index (χ2n) is 4.79. The molecule has 2 nitrogen and oxygen atoms in total. The summed E-state index contributed by atoms with van der Waals surface area (Å²) >= 11 is 0. The van der Waals surface area contributed by atoms with Gasteiger partial charge in [-0.2, -0.15) is 0 Å². The second-order valence-corrected chi connectivity index (χ2v) is 4.79. The van der Waals surface area contributed by atoms with Crippen LogP contribution in [0, 0.1) is 0 Å². The Morgan fingerprint density at radius 2 is 1.88 bits per heavy atom. The van der Waals surface area contributed by atoms with Gasteiger partial charge in [0, 0.05) is 18.3 Å². The molecule has 0 aromatic heterocycles. The summed E-state index contributed by atoms with van der Waals surface area (Å²) in [6.45, 7) is 7.51. The molecule has 0 aliphatic carbocycles. The quantitative estimate of drug-likeness (QED) is 0.721. The van der Waals surface area contributed by atoms with Gasteiger partial charge in [-0.3, -0.25) is 0 Å². The smallest absolute Gasteiger partial charge is 0.0375 e. The molecular weight excluding hydrogens is 196 g/mol. The van der Waals surface area contributed by atoms with Gasteiger partial charge in [-0.25, -0.2) is 0 Å². The lowest BCUT2D eigenvalue weighted by Crippen LogP contribution is -2.16. The molecule has 2 heteroatoms. The number of hydrogen-bond acceptors (Lipinski definition) is 2. The number of nitrogens with one attached hydrogen (secondary N) is 1. The summed E-state index contributed by atoms with van der Waals surface area (Å²) in [4.78, 5) is 0. The molecule has 1 atom stereocenters. The first-order chi connectivity index (χ1) is 7.61. The van der Waals surface area contributed by atoms with Crippen molar-refractivity contribution in [3.8, 4) is 0 Å². The van der Waals surface area contributed by atoms with Gasteiger partial charge in [0.05, 0.1) is 0 Å². The van der Waals surface area contributed by atoms with Gasteiger partial charge >= 0.3 is 0 Å². The van der Waals surface area contributed by atoms with Crippen LogP contribution < -0.4 is 11.1 Å². The predicted octanol–water partition coefficient (Wildman–Crippen LogP) is 3.35. The summed E-state index contributed by atoms with van der Waals surface area (Å²) in [7, 11) is 0. The van der Waals surface area contributed by atoms with E-state index in [2.05, 4.69) is 50.4 Å². The van der Waals surface area contributed by atoms with Gasteiger partial charge < -0.3 is 11.1 Å². The molecule has 0 bridgehead atoms. The van der Waals surface area contributed by atoms with Crippen LogP contribution in [0.4, 0.5) is 5.69 Å². The van der Waals surface area contributed by atoms with E-state index >= 15 is 0 Å².